The van der Waals surface area contributed by atoms with Crippen LogP contribution in [0.25, 0.3) is 0 Å². The first-order valence-electron chi connectivity index (χ1n) is 5.29. The molecule has 0 amide bonds. The maximum Gasteiger partial charge on any atom is 0.122 e. The van der Waals surface area contributed by atoms with E-state index in [1.807, 2.05) is 12.1 Å². The van der Waals surface area contributed by atoms with Gasteiger partial charge in [0.15, 0.2) is 0 Å². The Bertz CT molecular complexity index is 365. The zero-order valence-electron chi connectivity index (χ0n) is 8.72. The van der Waals surface area contributed by atoms with Crippen LogP contribution in [0.1, 0.15) is 24.5 Å². The molecule has 82 valence electrons. The SMILES string of the molecule is CCCOc1ccc(I)c2c1C[C@@H](F)C2. The second kappa shape index (κ2) is 4.68. The van der Waals surface area contributed by atoms with E-state index in [4.69, 9.17) is 4.74 Å². The van der Waals surface area contributed by atoms with Crippen molar-refractivity contribution in [3.05, 3.63) is 26.8 Å². The van der Waals surface area contributed by atoms with Crippen molar-refractivity contribution >= 4 is 22.6 Å². The summed E-state index contributed by atoms with van der Waals surface area (Å²) in [6, 6.07) is 3.98. The van der Waals surface area contributed by atoms with Crippen molar-refractivity contribution in [1.82, 2.24) is 0 Å². The van der Waals surface area contributed by atoms with E-state index in [1.54, 1.807) is 0 Å². The van der Waals surface area contributed by atoms with Crippen LogP contribution in [0.2, 0.25) is 0 Å². The highest BCUT2D eigenvalue weighted by Gasteiger charge is 2.26. The Balaban J connectivity index is 2.30. The van der Waals surface area contributed by atoms with Crippen LogP contribution < -0.4 is 4.74 Å². The second-order valence-corrected chi connectivity index (χ2v) is 5.02. The summed E-state index contributed by atoms with van der Waals surface area (Å²) >= 11 is 2.27. The molecule has 0 radical (unpaired) electrons. The molecule has 1 aromatic rings. The molecule has 0 aromatic heterocycles. The van der Waals surface area contributed by atoms with E-state index in [1.165, 1.54) is 0 Å². The summed E-state index contributed by atoms with van der Waals surface area (Å²) in [7, 11) is 0. The molecule has 1 nitrogen and oxygen atoms in total. The predicted octanol–water partition coefficient (Wildman–Crippen LogP) is 3.52. The van der Waals surface area contributed by atoms with Crippen LogP contribution in [0.5, 0.6) is 5.75 Å². The molecule has 1 aliphatic rings. The summed E-state index contributed by atoms with van der Waals surface area (Å²) in [5.41, 5.74) is 2.24. The summed E-state index contributed by atoms with van der Waals surface area (Å²) in [6.45, 7) is 2.79. The van der Waals surface area contributed by atoms with Gasteiger partial charge in [0.2, 0.25) is 0 Å². The number of hydrogen-bond acceptors (Lipinski definition) is 1. The molecule has 0 bridgehead atoms. The zero-order chi connectivity index (χ0) is 10.8. The zero-order valence-corrected chi connectivity index (χ0v) is 10.9. The fourth-order valence-electron chi connectivity index (χ4n) is 1.95. The van der Waals surface area contributed by atoms with E-state index in [9.17, 15) is 4.39 Å². The van der Waals surface area contributed by atoms with Crippen LogP contribution in [-0.2, 0) is 12.8 Å². The Morgan fingerprint density at radius 2 is 2.13 bits per heavy atom. The van der Waals surface area contributed by atoms with Crippen molar-refractivity contribution in [2.24, 2.45) is 0 Å². The molecule has 1 aromatic carbocycles. The average molecular weight is 320 g/mol. The first-order chi connectivity index (χ1) is 7.22. The van der Waals surface area contributed by atoms with E-state index >= 15 is 0 Å². The first kappa shape index (κ1) is 11.2. The molecular weight excluding hydrogens is 306 g/mol. The highest BCUT2D eigenvalue weighted by atomic mass is 127. The lowest BCUT2D eigenvalue weighted by Crippen LogP contribution is -2.00. The molecule has 0 fully saturated rings. The minimum absolute atomic E-state index is 0.519. The maximum absolute atomic E-state index is 13.3. The van der Waals surface area contributed by atoms with E-state index in [-0.39, 0.29) is 0 Å². The number of rotatable bonds is 3. The van der Waals surface area contributed by atoms with Gasteiger partial charge in [-0.1, -0.05) is 6.92 Å². The molecule has 1 atom stereocenters. The predicted molar refractivity (Wildman–Crippen MR) is 67.2 cm³/mol. The van der Waals surface area contributed by atoms with Gasteiger partial charge in [-0.2, -0.15) is 0 Å². The van der Waals surface area contributed by atoms with Gasteiger partial charge in [-0.05, 0) is 46.7 Å². The van der Waals surface area contributed by atoms with Crippen molar-refractivity contribution in [1.29, 1.82) is 0 Å². The Kier molecular flexibility index (Phi) is 3.49. The lowest BCUT2D eigenvalue weighted by atomic mass is 10.1. The Morgan fingerprint density at radius 3 is 2.87 bits per heavy atom. The molecule has 0 aliphatic heterocycles. The van der Waals surface area contributed by atoms with Crippen LogP contribution >= 0.6 is 22.6 Å². The molecule has 3 heteroatoms. The van der Waals surface area contributed by atoms with Crippen molar-refractivity contribution in [3.8, 4) is 5.75 Å². The lowest BCUT2D eigenvalue weighted by molar-refractivity contribution is 0.309. The number of halogens is 2. The Morgan fingerprint density at radius 1 is 1.40 bits per heavy atom. The monoisotopic (exact) mass is 320 g/mol. The molecule has 0 saturated carbocycles. The van der Waals surface area contributed by atoms with Crippen LogP contribution in [-0.4, -0.2) is 12.8 Å². The fraction of sp³-hybridized carbons (Fsp3) is 0.500. The second-order valence-electron chi connectivity index (χ2n) is 3.86. The minimum atomic E-state index is -0.722. The fourth-order valence-corrected chi connectivity index (χ4v) is 2.68. The van der Waals surface area contributed by atoms with E-state index < -0.39 is 6.17 Å². The summed E-state index contributed by atoms with van der Waals surface area (Å²) in [5, 5.41) is 0. The number of benzene rings is 1. The van der Waals surface area contributed by atoms with Crippen LogP contribution in [0.3, 0.4) is 0 Å². The van der Waals surface area contributed by atoms with Crippen molar-refractivity contribution in [2.75, 3.05) is 6.61 Å². The molecule has 1 aliphatic carbocycles. The topological polar surface area (TPSA) is 9.23 Å². The van der Waals surface area contributed by atoms with Gasteiger partial charge in [-0.25, -0.2) is 4.39 Å². The molecule has 0 unspecified atom stereocenters. The number of alkyl halides is 1. The van der Waals surface area contributed by atoms with Crippen LogP contribution in [0.15, 0.2) is 12.1 Å². The molecule has 0 heterocycles. The lowest BCUT2D eigenvalue weighted by Gasteiger charge is -2.10. The van der Waals surface area contributed by atoms with Gasteiger partial charge in [0.1, 0.15) is 11.9 Å². The summed E-state index contributed by atoms with van der Waals surface area (Å²) in [6.07, 6.45) is 1.34. The van der Waals surface area contributed by atoms with Crippen LogP contribution in [0.4, 0.5) is 4.39 Å². The number of hydrogen-bond donors (Lipinski definition) is 0. The van der Waals surface area contributed by atoms with Gasteiger partial charge in [-0.3, -0.25) is 0 Å². The van der Waals surface area contributed by atoms with Gasteiger partial charge in [0, 0.05) is 22.0 Å². The smallest absolute Gasteiger partial charge is 0.122 e. The normalized spacial score (nSPS) is 19.0. The van der Waals surface area contributed by atoms with Gasteiger partial charge < -0.3 is 4.74 Å². The highest BCUT2D eigenvalue weighted by Crippen LogP contribution is 2.35. The molecule has 15 heavy (non-hydrogen) atoms. The third-order valence-corrected chi connectivity index (χ3v) is 3.65. The van der Waals surface area contributed by atoms with Gasteiger partial charge >= 0.3 is 0 Å². The van der Waals surface area contributed by atoms with Crippen LogP contribution in [0, 0.1) is 3.57 Å². The molecule has 0 N–H and O–H groups in total. The summed E-state index contributed by atoms with van der Waals surface area (Å²) < 4.78 is 20.1. The summed E-state index contributed by atoms with van der Waals surface area (Å²) in [5.74, 6) is 0.882. The molecule has 0 spiro atoms. The van der Waals surface area contributed by atoms with E-state index in [2.05, 4.69) is 29.5 Å². The number of ether oxygens (including phenoxy) is 1. The Hall–Kier alpha value is -0.320. The minimum Gasteiger partial charge on any atom is -0.493 e. The van der Waals surface area contributed by atoms with Gasteiger partial charge in [0.05, 0.1) is 6.61 Å². The largest absolute Gasteiger partial charge is 0.493 e. The Labute approximate surface area is 103 Å². The third kappa shape index (κ3) is 2.27. The first-order valence-corrected chi connectivity index (χ1v) is 6.37. The van der Waals surface area contributed by atoms with Crippen molar-refractivity contribution < 1.29 is 9.13 Å². The maximum atomic E-state index is 13.3. The molecular formula is C12H14FIO. The quantitative estimate of drug-likeness (QED) is 0.775. The summed E-state index contributed by atoms with van der Waals surface area (Å²) in [4.78, 5) is 0. The highest BCUT2D eigenvalue weighted by molar-refractivity contribution is 14.1. The van der Waals surface area contributed by atoms with Gasteiger partial charge in [0.25, 0.3) is 0 Å². The van der Waals surface area contributed by atoms with E-state index in [0.717, 1.165) is 26.9 Å². The average Bonchev–Trinajstić information content (AvgIpc) is 2.60. The van der Waals surface area contributed by atoms with Gasteiger partial charge in [-0.15, -0.1) is 0 Å². The molecule has 2 rings (SSSR count). The van der Waals surface area contributed by atoms with E-state index in [0.29, 0.717) is 19.4 Å². The van der Waals surface area contributed by atoms with Crippen molar-refractivity contribution in [2.45, 2.75) is 32.4 Å². The number of fused-ring (bicyclic) bond motifs is 1. The van der Waals surface area contributed by atoms with Crippen molar-refractivity contribution in [3.63, 3.8) is 0 Å². The molecule has 0 saturated heterocycles. The third-order valence-electron chi connectivity index (χ3n) is 2.64. The standard InChI is InChI=1S/C12H14FIO/c1-2-5-15-12-4-3-11(14)9-6-8(13)7-10(9)12/h3-4,8H,2,5-7H2,1H3/t8-/m0/s1.